The van der Waals surface area contributed by atoms with E-state index in [1.807, 2.05) is 18.2 Å². The highest BCUT2D eigenvalue weighted by Gasteiger charge is 2.41. The molecule has 3 heterocycles. The van der Waals surface area contributed by atoms with E-state index in [1.54, 1.807) is 7.11 Å². The molecule has 0 aliphatic carbocycles. The normalized spacial score (nSPS) is 22.4. The first kappa shape index (κ1) is 11.7. The summed E-state index contributed by atoms with van der Waals surface area (Å²) in [6, 6.07) is 5.81. The Morgan fingerprint density at radius 1 is 1.33 bits per heavy atom. The maximum Gasteiger partial charge on any atom is 0.214 e. The van der Waals surface area contributed by atoms with Crippen molar-refractivity contribution in [1.82, 2.24) is 4.98 Å². The number of aromatic nitrogens is 1. The SMILES string of the molecule is COc1cccc(N2CCCC3(C2)OCCO3)n1. The van der Waals surface area contributed by atoms with Crippen LogP contribution in [0.5, 0.6) is 5.88 Å². The average molecular weight is 250 g/mol. The molecule has 0 saturated carbocycles. The number of methoxy groups -OCH3 is 1. The van der Waals surface area contributed by atoms with Gasteiger partial charge in [0, 0.05) is 19.0 Å². The highest BCUT2D eigenvalue weighted by atomic mass is 16.7. The van der Waals surface area contributed by atoms with E-state index in [0.717, 1.165) is 31.7 Å². The van der Waals surface area contributed by atoms with Crippen molar-refractivity contribution in [3.63, 3.8) is 0 Å². The summed E-state index contributed by atoms with van der Waals surface area (Å²) in [5.74, 6) is 1.15. The summed E-state index contributed by atoms with van der Waals surface area (Å²) in [6.45, 7) is 3.11. The number of anilines is 1. The quantitative estimate of drug-likeness (QED) is 0.794. The topological polar surface area (TPSA) is 43.8 Å². The van der Waals surface area contributed by atoms with Crippen LogP contribution in [0.1, 0.15) is 12.8 Å². The highest BCUT2D eigenvalue weighted by Crippen LogP contribution is 2.32. The Morgan fingerprint density at radius 3 is 2.94 bits per heavy atom. The van der Waals surface area contributed by atoms with E-state index in [1.165, 1.54) is 0 Å². The van der Waals surface area contributed by atoms with Gasteiger partial charge in [-0.05, 0) is 12.5 Å². The molecule has 0 radical (unpaired) electrons. The molecule has 18 heavy (non-hydrogen) atoms. The first-order valence-electron chi connectivity index (χ1n) is 6.35. The average Bonchev–Trinajstić information content (AvgIpc) is 2.87. The van der Waals surface area contributed by atoms with E-state index in [0.29, 0.717) is 19.1 Å². The third-order valence-corrected chi connectivity index (χ3v) is 3.47. The van der Waals surface area contributed by atoms with Crippen LogP contribution < -0.4 is 9.64 Å². The minimum Gasteiger partial charge on any atom is -0.481 e. The maximum absolute atomic E-state index is 5.77. The van der Waals surface area contributed by atoms with Crippen LogP contribution in [0.3, 0.4) is 0 Å². The summed E-state index contributed by atoms with van der Waals surface area (Å²) in [6.07, 6.45) is 2.02. The molecule has 0 bridgehead atoms. The molecule has 5 nitrogen and oxygen atoms in total. The van der Waals surface area contributed by atoms with Crippen molar-refractivity contribution < 1.29 is 14.2 Å². The number of piperidine rings is 1. The van der Waals surface area contributed by atoms with Crippen LogP contribution in [0.25, 0.3) is 0 Å². The van der Waals surface area contributed by atoms with E-state index >= 15 is 0 Å². The van der Waals surface area contributed by atoms with Crippen LogP contribution in [-0.2, 0) is 9.47 Å². The zero-order valence-corrected chi connectivity index (χ0v) is 10.6. The van der Waals surface area contributed by atoms with E-state index < -0.39 is 5.79 Å². The van der Waals surface area contributed by atoms with Gasteiger partial charge in [-0.25, -0.2) is 0 Å². The lowest BCUT2D eigenvalue weighted by Crippen LogP contribution is -2.49. The van der Waals surface area contributed by atoms with Crippen LogP contribution in [0.4, 0.5) is 5.82 Å². The van der Waals surface area contributed by atoms with Crippen LogP contribution >= 0.6 is 0 Å². The lowest BCUT2D eigenvalue weighted by atomic mass is 10.0. The van der Waals surface area contributed by atoms with Gasteiger partial charge in [-0.2, -0.15) is 4.98 Å². The summed E-state index contributed by atoms with van der Waals surface area (Å²) in [5.41, 5.74) is 0. The zero-order chi connectivity index (χ0) is 12.4. The number of nitrogens with zero attached hydrogens (tertiary/aromatic N) is 2. The van der Waals surface area contributed by atoms with Crippen molar-refractivity contribution >= 4 is 5.82 Å². The molecule has 0 unspecified atom stereocenters. The lowest BCUT2D eigenvalue weighted by Gasteiger charge is -2.39. The molecule has 3 rings (SSSR count). The Bertz CT molecular complexity index is 418. The van der Waals surface area contributed by atoms with Gasteiger partial charge in [-0.3, -0.25) is 0 Å². The Morgan fingerprint density at radius 2 is 2.17 bits per heavy atom. The maximum atomic E-state index is 5.77. The third-order valence-electron chi connectivity index (χ3n) is 3.47. The fourth-order valence-corrected chi connectivity index (χ4v) is 2.61. The fourth-order valence-electron chi connectivity index (χ4n) is 2.61. The van der Waals surface area contributed by atoms with Gasteiger partial charge in [0.15, 0.2) is 5.79 Å². The molecule has 0 atom stereocenters. The monoisotopic (exact) mass is 250 g/mol. The molecule has 2 aliphatic rings. The van der Waals surface area contributed by atoms with Crippen molar-refractivity contribution in [2.45, 2.75) is 18.6 Å². The molecular weight excluding hydrogens is 232 g/mol. The first-order valence-corrected chi connectivity index (χ1v) is 6.35. The van der Waals surface area contributed by atoms with Crippen molar-refractivity contribution in [3.05, 3.63) is 18.2 Å². The predicted molar refractivity (Wildman–Crippen MR) is 66.9 cm³/mol. The van der Waals surface area contributed by atoms with Crippen molar-refractivity contribution in [2.24, 2.45) is 0 Å². The largest absolute Gasteiger partial charge is 0.481 e. The van der Waals surface area contributed by atoms with Gasteiger partial charge >= 0.3 is 0 Å². The first-order chi connectivity index (χ1) is 8.81. The Labute approximate surface area is 107 Å². The van der Waals surface area contributed by atoms with Crippen LogP contribution in [0.15, 0.2) is 18.2 Å². The minimum atomic E-state index is -0.414. The van der Waals surface area contributed by atoms with Gasteiger partial charge in [-0.1, -0.05) is 6.07 Å². The highest BCUT2D eigenvalue weighted by molar-refractivity contribution is 5.41. The number of hydrogen-bond donors (Lipinski definition) is 0. The molecular formula is C13H18N2O3. The number of ether oxygens (including phenoxy) is 3. The molecule has 0 aromatic carbocycles. The van der Waals surface area contributed by atoms with Gasteiger partial charge < -0.3 is 19.1 Å². The molecule has 2 saturated heterocycles. The number of pyridine rings is 1. The Hall–Kier alpha value is -1.33. The van der Waals surface area contributed by atoms with Crippen molar-refractivity contribution in [1.29, 1.82) is 0 Å². The second kappa shape index (κ2) is 4.74. The Balaban J connectivity index is 1.78. The van der Waals surface area contributed by atoms with Gasteiger partial charge in [0.25, 0.3) is 0 Å². The zero-order valence-electron chi connectivity index (χ0n) is 10.6. The van der Waals surface area contributed by atoms with E-state index in [2.05, 4.69) is 9.88 Å². The molecule has 1 spiro atoms. The summed E-state index contributed by atoms with van der Waals surface area (Å²) in [5, 5.41) is 0. The molecule has 1 aromatic heterocycles. The second-order valence-electron chi connectivity index (χ2n) is 4.67. The lowest BCUT2D eigenvalue weighted by molar-refractivity contribution is -0.161. The van der Waals surface area contributed by atoms with Gasteiger partial charge in [0.2, 0.25) is 5.88 Å². The molecule has 5 heteroatoms. The number of hydrogen-bond acceptors (Lipinski definition) is 5. The standard InChI is InChI=1S/C13H18N2O3/c1-16-12-5-2-4-11(14-12)15-7-3-6-13(10-15)17-8-9-18-13/h2,4-5H,3,6-10H2,1H3. The van der Waals surface area contributed by atoms with Crippen LogP contribution in [-0.4, -0.2) is 44.2 Å². The van der Waals surface area contributed by atoms with Crippen molar-refractivity contribution in [3.8, 4) is 5.88 Å². The van der Waals surface area contributed by atoms with Gasteiger partial charge in [-0.15, -0.1) is 0 Å². The molecule has 1 aromatic rings. The minimum absolute atomic E-state index is 0.414. The molecule has 0 amide bonds. The van der Waals surface area contributed by atoms with E-state index in [-0.39, 0.29) is 0 Å². The fraction of sp³-hybridized carbons (Fsp3) is 0.615. The van der Waals surface area contributed by atoms with E-state index in [4.69, 9.17) is 14.2 Å². The summed E-state index contributed by atoms with van der Waals surface area (Å²) in [7, 11) is 1.63. The Kier molecular flexibility index (Phi) is 3.09. The van der Waals surface area contributed by atoms with Crippen molar-refractivity contribution in [2.75, 3.05) is 38.3 Å². The summed E-state index contributed by atoms with van der Waals surface area (Å²) >= 11 is 0. The molecule has 0 N–H and O–H groups in total. The molecule has 2 fully saturated rings. The number of rotatable bonds is 2. The second-order valence-corrected chi connectivity index (χ2v) is 4.67. The predicted octanol–water partition coefficient (Wildman–Crippen LogP) is 1.43. The third kappa shape index (κ3) is 2.15. The summed E-state index contributed by atoms with van der Waals surface area (Å²) in [4.78, 5) is 6.67. The van der Waals surface area contributed by atoms with Crippen LogP contribution in [0.2, 0.25) is 0 Å². The van der Waals surface area contributed by atoms with Gasteiger partial charge in [0.05, 0.1) is 26.9 Å². The summed E-state index contributed by atoms with van der Waals surface area (Å²) < 4.78 is 16.7. The van der Waals surface area contributed by atoms with E-state index in [9.17, 15) is 0 Å². The van der Waals surface area contributed by atoms with Gasteiger partial charge in [0.1, 0.15) is 5.82 Å². The molecule has 98 valence electrons. The van der Waals surface area contributed by atoms with Crippen LogP contribution in [0, 0.1) is 0 Å². The molecule has 2 aliphatic heterocycles. The smallest absolute Gasteiger partial charge is 0.214 e.